The number of hydrogen-bond donors (Lipinski definition) is 2. The molecule has 0 aliphatic carbocycles. The SMILES string of the molecule is COc1cc2c(cc1OC)[C@@H](CO)N(C(=O)c1cc(-c3ccc4[nH]ncc4c3)on1)CC2. The minimum atomic E-state index is -0.520. The van der Waals surface area contributed by atoms with Crippen LogP contribution in [0.25, 0.3) is 22.2 Å². The summed E-state index contributed by atoms with van der Waals surface area (Å²) in [7, 11) is 3.14. The second-order valence-electron chi connectivity index (χ2n) is 7.60. The molecule has 0 unspecified atom stereocenters. The van der Waals surface area contributed by atoms with Crippen LogP contribution in [0.1, 0.15) is 27.7 Å². The van der Waals surface area contributed by atoms with Crippen molar-refractivity contribution in [3.8, 4) is 22.8 Å². The van der Waals surface area contributed by atoms with Crippen LogP contribution in [0.2, 0.25) is 0 Å². The van der Waals surface area contributed by atoms with Gasteiger partial charge < -0.3 is 24.0 Å². The minimum absolute atomic E-state index is 0.190. The van der Waals surface area contributed by atoms with E-state index in [4.69, 9.17) is 14.0 Å². The van der Waals surface area contributed by atoms with Crippen molar-refractivity contribution in [3.05, 3.63) is 59.4 Å². The van der Waals surface area contributed by atoms with Crippen LogP contribution < -0.4 is 9.47 Å². The molecule has 0 saturated carbocycles. The lowest BCUT2D eigenvalue weighted by Gasteiger charge is -2.36. The number of methoxy groups -OCH3 is 2. The standard InChI is InChI=1S/C23H22N4O5/c1-30-21-8-13-5-6-27(19(12-28)16(13)9-22(21)31-2)23(29)18-10-20(32-26-18)14-3-4-17-15(7-14)11-24-25-17/h3-4,7-11,19,28H,5-6,12H2,1-2H3,(H,24,25)/t19-/m1/s1. The summed E-state index contributed by atoms with van der Waals surface area (Å²) in [4.78, 5) is 14.9. The third-order valence-corrected chi connectivity index (χ3v) is 5.89. The summed E-state index contributed by atoms with van der Waals surface area (Å²) < 4.78 is 16.3. The molecule has 9 nitrogen and oxygen atoms in total. The number of nitrogens with one attached hydrogen (secondary N) is 1. The number of nitrogens with zero attached hydrogens (tertiary/aromatic N) is 3. The summed E-state index contributed by atoms with van der Waals surface area (Å²) in [5.74, 6) is 1.36. The van der Waals surface area contributed by atoms with Gasteiger partial charge in [0.25, 0.3) is 5.91 Å². The van der Waals surface area contributed by atoms with Crippen molar-refractivity contribution >= 4 is 16.8 Å². The zero-order chi connectivity index (χ0) is 22.2. The van der Waals surface area contributed by atoms with Crippen LogP contribution in [0.5, 0.6) is 11.5 Å². The maximum atomic E-state index is 13.3. The molecule has 164 valence electrons. The average molecular weight is 434 g/mol. The van der Waals surface area contributed by atoms with Gasteiger partial charge in [-0.25, -0.2) is 0 Å². The zero-order valence-electron chi connectivity index (χ0n) is 17.7. The molecule has 1 aliphatic heterocycles. The fourth-order valence-corrected chi connectivity index (χ4v) is 4.22. The number of carbonyl (C=O) groups excluding carboxylic acids is 1. The lowest BCUT2D eigenvalue weighted by molar-refractivity contribution is 0.0558. The van der Waals surface area contributed by atoms with Crippen LogP contribution >= 0.6 is 0 Å². The van der Waals surface area contributed by atoms with E-state index in [0.717, 1.165) is 27.6 Å². The van der Waals surface area contributed by atoms with E-state index in [0.29, 0.717) is 30.2 Å². The Morgan fingerprint density at radius 2 is 2.03 bits per heavy atom. The maximum Gasteiger partial charge on any atom is 0.276 e. The lowest BCUT2D eigenvalue weighted by Crippen LogP contribution is -2.41. The first-order valence-electron chi connectivity index (χ1n) is 10.2. The highest BCUT2D eigenvalue weighted by atomic mass is 16.5. The van der Waals surface area contributed by atoms with E-state index in [2.05, 4.69) is 15.4 Å². The Hall–Kier alpha value is -3.85. The molecule has 0 spiro atoms. The monoisotopic (exact) mass is 434 g/mol. The van der Waals surface area contributed by atoms with Crippen molar-refractivity contribution in [2.24, 2.45) is 0 Å². The summed E-state index contributed by atoms with van der Waals surface area (Å²) in [6, 6.07) is 10.5. The second-order valence-corrected chi connectivity index (χ2v) is 7.60. The van der Waals surface area contributed by atoms with E-state index >= 15 is 0 Å². The van der Waals surface area contributed by atoms with Gasteiger partial charge in [-0.3, -0.25) is 9.89 Å². The number of aliphatic hydroxyl groups excluding tert-OH is 1. The molecule has 2 aromatic heterocycles. The number of H-pyrrole nitrogens is 1. The largest absolute Gasteiger partial charge is 0.493 e. The molecular formula is C23H22N4O5. The highest BCUT2D eigenvalue weighted by molar-refractivity contribution is 5.94. The fourth-order valence-electron chi connectivity index (χ4n) is 4.22. The highest BCUT2D eigenvalue weighted by Gasteiger charge is 2.33. The van der Waals surface area contributed by atoms with Crippen LogP contribution in [0, 0.1) is 0 Å². The Kier molecular flexibility index (Phi) is 5.02. The molecule has 2 aromatic carbocycles. The van der Waals surface area contributed by atoms with E-state index in [-0.39, 0.29) is 18.2 Å². The molecule has 32 heavy (non-hydrogen) atoms. The first-order valence-corrected chi connectivity index (χ1v) is 10.2. The van der Waals surface area contributed by atoms with Gasteiger partial charge in [0.05, 0.1) is 38.6 Å². The van der Waals surface area contributed by atoms with E-state index in [9.17, 15) is 9.90 Å². The van der Waals surface area contributed by atoms with Gasteiger partial charge in [-0.2, -0.15) is 5.10 Å². The molecule has 0 radical (unpaired) electrons. The van der Waals surface area contributed by atoms with E-state index in [1.54, 1.807) is 31.4 Å². The molecule has 1 aliphatic rings. The quantitative estimate of drug-likeness (QED) is 0.496. The van der Waals surface area contributed by atoms with Crippen molar-refractivity contribution < 1.29 is 23.9 Å². The van der Waals surface area contributed by atoms with Crippen LogP contribution in [0.4, 0.5) is 0 Å². The fraction of sp³-hybridized carbons (Fsp3) is 0.261. The lowest BCUT2D eigenvalue weighted by atomic mass is 9.92. The summed E-state index contributed by atoms with van der Waals surface area (Å²) in [6.45, 7) is 0.214. The van der Waals surface area contributed by atoms with Gasteiger partial charge >= 0.3 is 0 Å². The summed E-state index contributed by atoms with van der Waals surface area (Å²) in [6.07, 6.45) is 2.35. The average Bonchev–Trinajstić information content (AvgIpc) is 3.51. The number of carbonyl (C=O) groups is 1. The first-order chi connectivity index (χ1) is 15.6. The number of rotatable bonds is 5. The Morgan fingerprint density at radius 3 is 2.81 bits per heavy atom. The molecule has 9 heteroatoms. The highest BCUT2D eigenvalue weighted by Crippen LogP contribution is 2.38. The van der Waals surface area contributed by atoms with Gasteiger partial charge in [-0.15, -0.1) is 0 Å². The number of aromatic amines is 1. The van der Waals surface area contributed by atoms with Gasteiger partial charge in [0.2, 0.25) is 0 Å². The van der Waals surface area contributed by atoms with Crippen molar-refractivity contribution in [3.63, 3.8) is 0 Å². The van der Waals surface area contributed by atoms with E-state index < -0.39 is 6.04 Å². The van der Waals surface area contributed by atoms with Crippen molar-refractivity contribution in [2.45, 2.75) is 12.5 Å². The molecule has 4 aromatic rings. The molecule has 2 N–H and O–H groups in total. The topological polar surface area (TPSA) is 114 Å². The number of hydrogen-bond acceptors (Lipinski definition) is 7. The number of fused-ring (bicyclic) bond motifs is 2. The number of amides is 1. The van der Waals surface area contributed by atoms with E-state index in [1.807, 2.05) is 30.3 Å². The van der Waals surface area contributed by atoms with Crippen LogP contribution in [0.3, 0.4) is 0 Å². The first kappa shape index (κ1) is 20.1. The molecule has 1 amide bonds. The van der Waals surface area contributed by atoms with Crippen LogP contribution in [0.15, 0.2) is 47.1 Å². The number of benzene rings is 2. The smallest absolute Gasteiger partial charge is 0.276 e. The summed E-state index contributed by atoms with van der Waals surface area (Å²) >= 11 is 0. The number of aliphatic hydroxyl groups is 1. The molecular weight excluding hydrogens is 412 g/mol. The number of aromatic nitrogens is 3. The number of ether oxygens (including phenoxy) is 2. The molecule has 3 heterocycles. The molecule has 0 fully saturated rings. The third-order valence-electron chi connectivity index (χ3n) is 5.89. The van der Waals surface area contributed by atoms with Crippen molar-refractivity contribution in [2.75, 3.05) is 27.4 Å². The minimum Gasteiger partial charge on any atom is -0.493 e. The van der Waals surface area contributed by atoms with Gasteiger partial charge in [0.15, 0.2) is 23.0 Å². The van der Waals surface area contributed by atoms with Crippen molar-refractivity contribution in [1.82, 2.24) is 20.3 Å². The summed E-state index contributed by atoms with van der Waals surface area (Å²) in [5, 5.41) is 22.0. The Bertz CT molecular complexity index is 1290. The van der Waals surface area contributed by atoms with E-state index in [1.165, 1.54) is 0 Å². The summed E-state index contributed by atoms with van der Waals surface area (Å²) in [5.41, 5.74) is 3.74. The van der Waals surface area contributed by atoms with Crippen LogP contribution in [-0.2, 0) is 6.42 Å². The zero-order valence-corrected chi connectivity index (χ0v) is 17.7. The normalized spacial score (nSPS) is 15.6. The molecule has 0 saturated heterocycles. The molecule has 1 atom stereocenters. The van der Waals surface area contributed by atoms with Gasteiger partial charge in [0.1, 0.15) is 0 Å². The van der Waals surface area contributed by atoms with Gasteiger partial charge in [0, 0.05) is 23.6 Å². The Balaban J connectivity index is 1.44. The second kappa shape index (κ2) is 8.01. The van der Waals surface area contributed by atoms with Gasteiger partial charge in [-0.05, 0) is 47.9 Å². The van der Waals surface area contributed by atoms with Gasteiger partial charge in [-0.1, -0.05) is 5.16 Å². The molecule has 5 rings (SSSR count). The molecule has 0 bridgehead atoms. The Labute approximate surface area is 183 Å². The third kappa shape index (κ3) is 3.27. The Morgan fingerprint density at radius 1 is 1.22 bits per heavy atom. The predicted octanol–water partition coefficient (Wildman–Crippen LogP) is 2.97. The van der Waals surface area contributed by atoms with Crippen LogP contribution in [-0.4, -0.2) is 58.6 Å². The van der Waals surface area contributed by atoms with Crippen molar-refractivity contribution in [1.29, 1.82) is 0 Å². The predicted molar refractivity (Wildman–Crippen MR) is 116 cm³/mol. The maximum absolute atomic E-state index is 13.3.